The molecule has 21 heavy (non-hydrogen) atoms. The molecule has 0 bridgehead atoms. The molecule has 0 aliphatic carbocycles. The van der Waals surface area contributed by atoms with Crippen LogP contribution in [0.4, 0.5) is 5.69 Å². The van der Waals surface area contributed by atoms with Crippen molar-refractivity contribution in [2.24, 2.45) is 5.10 Å². The number of phenols is 1. The van der Waals surface area contributed by atoms with Gasteiger partial charge in [0.25, 0.3) is 0 Å². The standard InChI is InChI=1S/C15H13ClN2O3/c1-9(13-8-11(16)5-6-14(13)19)17-18-12-4-2-3-10(7-12)15(20)21/h2-8,18-19H,1H3,(H,20,21)/b17-9+. The van der Waals surface area contributed by atoms with E-state index in [1.54, 1.807) is 31.2 Å². The van der Waals surface area contributed by atoms with Gasteiger partial charge >= 0.3 is 5.97 Å². The fourth-order valence-electron chi connectivity index (χ4n) is 1.73. The third-order valence-corrected chi connectivity index (χ3v) is 3.05. The molecule has 6 heteroatoms. The number of aromatic carboxylic acids is 1. The van der Waals surface area contributed by atoms with Gasteiger partial charge in [0.05, 0.1) is 17.0 Å². The second-order valence-corrected chi connectivity index (χ2v) is 4.79. The van der Waals surface area contributed by atoms with E-state index in [1.807, 2.05) is 0 Å². The number of carboxylic acid groups (broad SMARTS) is 1. The molecule has 2 aromatic rings. The van der Waals surface area contributed by atoms with Crippen molar-refractivity contribution >= 4 is 29.0 Å². The molecule has 0 aliphatic heterocycles. The predicted molar refractivity (Wildman–Crippen MR) is 82.4 cm³/mol. The Balaban J connectivity index is 2.22. The van der Waals surface area contributed by atoms with Crippen LogP contribution in [0.1, 0.15) is 22.8 Å². The molecule has 3 N–H and O–H groups in total. The topological polar surface area (TPSA) is 81.9 Å². The Kier molecular flexibility index (Phi) is 4.45. The van der Waals surface area contributed by atoms with Gasteiger partial charge < -0.3 is 10.2 Å². The average Bonchev–Trinajstić information content (AvgIpc) is 2.47. The van der Waals surface area contributed by atoms with E-state index in [9.17, 15) is 9.90 Å². The van der Waals surface area contributed by atoms with Crippen LogP contribution in [0.15, 0.2) is 47.6 Å². The summed E-state index contributed by atoms with van der Waals surface area (Å²) in [5.74, 6) is -0.937. The van der Waals surface area contributed by atoms with Gasteiger partial charge in [-0.25, -0.2) is 4.79 Å². The highest BCUT2D eigenvalue weighted by Crippen LogP contribution is 2.22. The lowest BCUT2D eigenvalue weighted by Gasteiger charge is -2.06. The summed E-state index contributed by atoms with van der Waals surface area (Å²) in [5.41, 5.74) is 4.49. The first kappa shape index (κ1) is 14.9. The zero-order valence-electron chi connectivity index (χ0n) is 11.2. The summed E-state index contributed by atoms with van der Waals surface area (Å²) in [6.45, 7) is 1.71. The predicted octanol–water partition coefficient (Wildman–Crippen LogP) is 3.58. The van der Waals surface area contributed by atoms with Gasteiger partial charge in [-0.1, -0.05) is 17.7 Å². The molecule has 5 nitrogen and oxygen atoms in total. The number of rotatable bonds is 4. The minimum atomic E-state index is -1.01. The molecule has 2 aromatic carbocycles. The van der Waals surface area contributed by atoms with Crippen LogP contribution >= 0.6 is 11.6 Å². The highest BCUT2D eigenvalue weighted by atomic mass is 35.5. The summed E-state index contributed by atoms with van der Waals surface area (Å²) in [6.07, 6.45) is 0. The first-order chi connectivity index (χ1) is 9.97. The average molecular weight is 305 g/mol. The summed E-state index contributed by atoms with van der Waals surface area (Å²) in [5, 5.41) is 23.3. The van der Waals surface area contributed by atoms with Gasteiger partial charge in [-0.3, -0.25) is 5.43 Å². The molecule has 0 saturated carbocycles. The largest absolute Gasteiger partial charge is 0.507 e. The van der Waals surface area contributed by atoms with E-state index in [4.69, 9.17) is 16.7 Å². The number of halogens is 1. The number of hydrazone groups is 1. The number of phenolic OH excluding ortho intramolecular Hbond substituents is 1. The maximum absolute atomic E-state index is 10.9. The Hall–Kier alpha value is -2.53. The Labute approximate surface area is 126 Å². The molecule has 2 rings (SSSR count). The maximum Gasteiger partial charge on any atom is 0.335 e. The van der Waals surface area contributed by atoms with E-state index in [0.717, 1.165) is 0 Å². The molecule has 0 aliphatic rings. The Bertz CT molecular complexity index is 714. The molecular weight excluding hydrogens is 292 g/mol. The molecule has 0 heterocycles. The SMILES string of the molecule is C/C(=N\Nc1cccc(C(=O)O)c1)c1cc(Cl)ccc1O. The Morgan fingerprint density at radius 3 is 2.71 bits per heavy atom. The Morgan fingerprint density at radius 1 is 1.24 bits per heavy atom. The number of carbonyl (C=O) groups is 1. The molecule has 0 atom stereocenters. The number of benzene rings is 2. The first-order valence-corrected chi connectivity index (χ1v) is 6.47. The van der Waals surface area contributed by atoms with Crippen LogP contribution in [0.3, 0.4) is 0 Å². The number of anilines is 1. The smallest absolute Gasteiger partial charge is 0.335 e. The van der Waals surface area contributed by atoms with Crippen molar-refractivity contribution in [3.8, 4) is 5.75 Å². The quantitative estimate of drug-likeness (QED) is 0.595. The molecule has 0 radical (unpaired) electrons. The number of nitrogens with zero attached hydrogens (tertiary/aromatic N) is 1. The number of aromatic hydroxyl groups is 1. The zero-order valence-corrected chi connectivity index (χ0v) is 11.9. The van der Waals surface area contributed by atoms with E-state index in [0.29, 0.717) is 22.0 Å². The molecule has 108 valence electrons. The van der Waals surface area contributed by atoms with E-state index in [2.05, 4.69) is 10.5 Å². The lowest BCUT2D eigenvalue weighted by molar-refractivity contribution is 0.0697. The third-order valence-electron chi connectivity index (χ3n) is 2.81. The van der Waals surface area contributed by atoms with Gasteiger partial charge in [-0.2, -0.15) is 5.10 Å². The summed E-state index contributed by atoms with van der Waals surface area (Å²) in [7, 11) is 0. The molecular formula is C15H13ClN2O3. The van der Waals surface area contributed by atoms with Gasteiger partial charge in [0.1, 0.15) is 5.75 Å². The summed E-state index contributed by atoms with van der Waals surface area (Å²) < 4.78 is 0. The number of carboxylic acids is 1. The molecule has 0 spiro atoms. The van der Waals surface area contributed by atoms with Crippen molar-refractivity contribution in [2.45, 2.75) is 6.92 Å². The van der Waals surface area contributed by atoms with Crippen LogP contribution in [0.2, 0.25) is 5.02 Å². The number of hydrogen-bond acceptors (Lipinski definition) is 4. The number of hydrogen-bond donors (Lipinski definition) is 3. The van der Waals surface area contributed by atoms with Gasteiger partial charge in [-0.15, -0.1) is 0 Å². The number of nitrogens with one attached hydrogen (secondary N) is 1. The molecule has 0 unspecified atom stereocenters. The van der Waals surface area contributed by atoms with Gasteiger partial charge in [0, 0.05) is 10.6 Å². The van der Waals surface area contributed by atoms with Crippen LogP contribution < -0.4 is 5.43 Å². The molecule has 0 aromatic heterocycles. The molecule has 0 amide bonds. The van der Waals surface area contributed by atoms with Crippen LogP contribution in [0, 0.1) is 0 Å². The first-order valence-electron chi connectivity index (χ1n) is 6.10. The lowest BCUT2D eigenvalue weighted by Crippen LogP contribution is -2.01. The fourth-order valence-corrected chi connectivity index (χ4v) is 1.90. The molecule has 0 fully saturated rings. The van der Waals surface area contributed by atoms with Crippen molar-refractivity contribution in [2.75, 3.05) is 5.43 Å². The van der Waals surface area contributed by atoms with Crippen molar-refractivity contribution in [1.82, 2.24) is 0 Å². The summed E-state index contributed by atoms with van der Waals surface area (Å²) >= 11 is 5.88. The maximum atomic E-state index is 10.9. The lowest BCUT2D eigenvalue weighted by atomic mass is 10.1. The van der Waals surface area contributed by atoms with E-state index < -0.39 is 5.97 Å². The highest BCUT2D eigenvalue weighted by Gasteiger charge is 2.06. The van der Waals surface area contributed by atoms with Gasteiger partial charge in [0.2, 0.25) is 0 Å². The fraction of sp³-hybridized carbons (Fsp3) is 0.0667. The van der Waals surface area contributed by atoms with E-state index >= 15 is 0 Å². The minimum Gasteiger partial charge on any atom is -0.507 e. The van der Waals surface area contributed by atoms with Crippen molar-refractivity contribution in [3.63, 3.8) is 0 Å². The van der Waals surface area contributed by atoms with Crippen molar-refractivity contribution in [3.05, 3.63) is 58.6 Å². The molecule has 0 saturated heterocycles. The summed E-state index contributed by atoms with van der Waals surface area (Å²) in [6, 6.07) is 10.9. The van der Waals surface area contributed by atoms with Crippen LogP contribution in [0.5, 0.6) is 5.75 Å². The van der Waals surface area contributed by atoms with Crippen LogP contribution in [0.25, 0.3) is 0 Å². The van der Waals surface area contributed by atoms with E-state index in [1.165, 1.54) is 18.2 Å². The Morgan fingerprint density at radius 2 is 2.00 bits per heavy atom. The summed E-state index contributed by atoms with van der Waals surface area (Å²) in [4.78, 5) is 10.9. The second-order valence-electron chi connectivity index (χ2n) is 4.36. The van der Waals surface area contributed by atoms with Gasteiger partial charge in [-0.05, 0) is 43.3 Å². The van der Waals surface area contributed by atoms with Crippen LogP contribution in [-0.2, 0) is 0 Å². The monoisotopic (exact) mass is 304 g/mol. The highest BCUT2D eigenvalue weighted by molar-refractivity contribution is 6.31. The third kappa shape index (κ3) is 3.73. The minimum absolute atomic E-state index is 0.0711. The van der Waals surface area contributed by atoms with Crippen molar-refractivity contribution in [1.29, 1.82) is 0 Å². The van der Waals surface area contributed by atoms with Gasteiger partial charge in [0.15, 0.2) is 0 Å². The normalized spacial score (nSPS) is 11.2. The van der Waals surface area contributed by atoms with E-state index in [-0.39, 0.29) is 11.3 Å². The zero-order chi connectivity index (χ0) is 15.4. The van der Waals surface area contributed by atoms with Crippen molar-refractivity contribution < 1.29 is 15.0 Å². The van der Waals surface area contributed by atoms with Crippen LogP contribution in [-0.4, -0.2) is 21.9 Å². The second kappa shape index (κ2) is 6.28.